The molecule has 0 fully saturated rings. The van der Waals surface area contributed by atoms with E-state index in [1.54, 1.807) is 43.3 Å². The predicted octanol–water partition coefficient (Wildman–Crippen LogP) is 1.69. The van der Waals surface area contributed by atoms with E-state index in [4.69, 9.17) is 19.9 Å². The summed E-state index contributed by atoms with van der Waals surface area (Å²) in [6.45, 7) is 1.22. The molecule has 0 aliphatic carbocycles. The van der Waals surface area contributed by atoms with E-state index in [0.29, 0.717) is 17.1 Å². The van der Waals surface area contributed by atoms with Crippen LogP contribution in [0.4, 0.5) is 16.2 Å². The number of fused-ring (bicyclic) bond motifs is 1. The van der Waals surface area contributed by atoms with Crippen molar-refractivity contribution in [3.05, 3.63) is 54.1 Å². The molecular formula is C21H21N3O7. The van der Waals surface area contributed by atoms with Crippen molar-refractivity contribution in [3.8, 4) is 5.75 Å². The summed E-state index contributed by atoms with van der Waals surface area (Å²) in [7, 11) is 0. The molecule has 2 aromatic carbocycles. The number of ether oxygens (including phenoxy) is 3. The van der Waals surface area contributed by atoms with Gasteiger partial charge in [-0.2, -0.15) is 0 Å². The van der Waals surface area contributed by atoms with Crippen LogP contribution < -0.4 is 20.7 Å². The maximum Gasteiger partial charge on any atom is 0.411 e. The molecular weight excluding hydrogens is 406 g/mol. The number of amides is 3. The molecule has 3 N–H and O–H groups in total. The van der Waals surface area contributed by atoms with Gasteiger partial charge in [0.25, 0.3) is 11.8 Å². The number of carbonyl (C=O) groups is 4. The smallest absolute Gasteiger partial charge is 0.411 e. The average molecular weight is 427 g/mol. The lowest BCUT2D eigenvalue weighted by atomic mass is 10.1. The van der Waals surface area contributed by atoms with E-state index in [-0.39, 0.29) is 18.7 Å². The van der Waals surface area contributed by atoms with Crippen molar-refractivity contribution in [2.75, 3.05) is 30.0 Å². The Hall–Kier alpha value is -4.08. The number of hydrogen-bond donors (Lipinski definition) is 2. The number of nitrogens with zero attached hydrogens (tertiary/aromatic N) is 1. The van der Waals surface area contributed by atoms with Crippen LogP contribution in [0.5, 0.6) is 5.75 Å². The van der Waals surface area contributed by atoms with Crippen molar-refractivity contribution in [2.45, 2.75) is 13.0 Å². The Morgan fingerprint density at radius 1 is 1.13 bits per heavy atom. The Bertz CT molecular complexity index is 1010. The van der Waals surface area contributed by atoms with E-state index in [0.717, 1.165) is 0 Å². The highest BCUT2D eigenvalue weighted by atomic mass is 16.5. The summed E-state index contributed by atoms with van der Waals surface area (Å²) in [5, 5.41) is 2.48. The number of nitrogens with two attached hydrogens (primary N) is 1. The molecule has 2 aromatic rings. The first-order valence-corrected chi connectivity index (χ1v) is 9.45. The maximum atomic E-state index is 12.7. The first-order valence-electron chi connectivity index (χ1n) is 9.45. The van der Waals surface area contributed by atoms with Crippen LogP contribution in [0.3, 0.4) is 0 Å². The number of nitrogens with one attached hydrogen (secondary N) is 1. The number of benzene rings is 2. The van der Waals surface area contributed by atoms with E-state index >= 15 is 0 Å². The summed E-state index contributed by atoms with van der Waals surface area (Å²) in [4.78, 5) is 49.5. The van der Waals surface area contributed by atoms with Crippen molar-refractivity contribution in [1.82, 2.24) is 0 Å². The summed E-state index contributed by atoms with van der Waals surface area (Å²) in [5.74, 6) is -1.69. The lowest BCUT2D eigenvalue weighted by molar-refractivity contribution is -0.126. The lowest BCUT2D eigenvalue weighted by Crippen LogP contribution is -2.50. The average Bonchev–Trinajstić information content (AvgIpc) is 2.76. The normalized spacial score (nSPS) is 14.6. The van der Waals surface area contributed by atoms with Crippen LogP contribution in [-0.2, 0) is 19.1 Å². The number of hydrogen-bond acceptors (Lipinski definition) is 7. The third kappa shape index (κ3) is 5.30. The van der Waals surface area contributed by atoms with Gasteiger partial charge in [-0.15, -0.1) is 0 Å². The molecule has 0 saturated heterocycles. The van der Waals surface area contributed by atoms with Gasteiger partial charge in [0, 0.05) is 5.69 Å². The minimum absolute atomic E-state index is 0.0956. The molecule has 1 heterocycles. The van der Waals surface area contributed by atoms with Gasteiger partial charge in [0.1, 0.15) is 5.75 Å². The maximum absolute atomic E-state index is 12.7. The van der Waals surface area contributed by atoms with Gasteiger partial charge in [-0.25, -0.2) is 9.59 Å². The summed E-state index contributed by atoms with van der Waals surface area (Å²) in [6, 6.07) is 12.7. The molecule has 0 saturated carbocycles. The van der Waals surface area contributed by atoms with Crippen LogP contribution >= 0.6 is 0 Å². The number of primary amides is 1. The fourth-order valence-corrected chi connectivity index (χ4v) is 2.92. The van der Waals surface area contributed by atoms with Crippen LogP contribution in [0, 0.1) is 0 Å². The quantitative estimate of drug-likeness (QED) is 0.669. The summed E-state index contributed by atoms with van der Waals surface area (Å²) in [5.41, 5.74) is 6.25. The van der Waals surface area contributed by atoms with Gasteiger partial charge in [-0.05, 0) is 37.3 Å². The number of rotatable bonds is 6. The number of para-hydroxylation sites is 2. The zero-order chi connectivity index (χ0) is 22.4. The fraction of sp³-hybridized carbons (Fsp3) is 0.238. The van der Waals surface area contributed by atoms with Crippen molar-refractivity contribution in [3.63, 3.8) is 0 Å². The van der Waals surface area contributed by atoms with E-state index in [2.05, 4.69) is 5.32 Å². The topological polar surface area (TPSA) is 137 Å². The minimum Gasteiger partial charge on any atom is -0.477 e. The third-order valence-electron chi connectivity index (χ3n) is 4.34. The number of esters is 1. The standard InChI is InChI=1S/C21H21N3O7/c1-2-29-21(28)23-14-7-5-6-13(10-14)20(27)30-12-18(25)24-11-17(19(22)26)31-16-9-4-3-8-15(16)24/h3-10,17H,2,11-12H2,1H3,(H2,22,26)(H,23,28)/t17-/m0/s1. The van der Waals surface area contributed by atoms with Gasteiger partial charge in [0.05, 0.1) is 24.4 Å². The van der Waals surface area contributed by atoms with Crippen molar-refractivity contribution < 1.29 is 33.4 Å². The second kappa shape index (κ2) is 9.61. The molecule has 10 nitrogen and oxygen atoms in total. The van der Waals surface area contributed by atoms with Crippen LogP contribution in [0.15, 0.2) is 48.5 Å². The third-order valence-corrected chi connectivity index (χ3v) is 4.34. The number of anilines is 2. The zero-order valence-electron chi connectivity index (χ0n) is 16.7. The Morgan fingerprint density at radius 2 is 1.90 bits per heavy atom. The molecule has 0 unspecified atom stereocenters. The molecule has 0 spiro atoms. The monoisotopic (exact) mass is 427 g/mol. The van der Waals surface area contributed by atoms with Crippen LogP contribution in [0.2, 0.25) is 0 Å². The van der Waals surface area contributed by atoms with E-state index in [1.165, 1.54) is 17.0 Å². The van der Waals surface area contributed by atoms with E-state index in [9.17, 15) is 19.2 Å². The Morgan fingerprint density at radius 3 is 2.65 bits per heavy atom. The molecule has 162 valence electrons. The molecule has 0 radical (unpaired) electrons. The first-order chi connectivity index (χ1) is 14.9. The SMILES string of the molecule is CCOC(=O)Nc1cccc(C(=O)OCC(=O)N2C[C@@H](C(N)=O)Oc3ccccc32)c1. The summed E-state index contributed by atoms with van der Waals surface area (Å²) < 4.78 is 15.4. The van der Waals surface area contributed by atoms with Gasteiger partial charge in [0.2, 0.25) is 0 Å². The first kappa shape index (κ1) is 21.6. The lowest BCUT2D eigenvalue weighted by Gasteiger charge is -2.33. The molecule has 0 bridgehead atoms. The van der Waals surface area contributed by atoms with Crippen molar-refractivity contribution >= 4 is 35.3 Å². The molecule has 1 aliphatic rings. The van der Waals surface area contributed by atoms with Crippen LogP contribution in [0.25, 0.3) is 0 Å². The molecule has 1 aliphatic heterocycles. The molecule has 3 amide bonds. The molecule has 0 aromatic heterocycles. The second-order valence-corrected chi connectivity index (χ2v) is 6.48. The van der Waals surface area contributed by atoms with Gasteiger partial charge < -0.3 is 24.8 Å². The van der Waals surface area contributed by atoms with Gasteiger partial charge in [-0.1, -0.05) is 18.2 Å². The highest BCUT2D eigenvalue weighted by Crippen LogP contribution is 2.33. The Kier molecular flexibility index (Phi) is 6.71. The van der Waals surface area contributed by atoms with Crippen molar-refractivity contribution in [2.24, 2.45) is 5.73 Å². The van der Waals surface area contributed by atoms with Gasteiger partial charge >= 0.3 is 12.1 Å². The molecule has 10 heteroatoms. The predicted molar refractivity (Wildman–Crippen MR) is 110 cm³/mol. The number of carbonyl (C=O) groups excluding carboxylic acids is 4. The summed E-state index contributed by atoms with van der Waals surface area (Å²) >= 11 is 0. The fourth-order valence-electron chi connectivity index (χ4n) is 2.92. The molecule has 1 atom stereocenters. The van der Waals surface area contributed by atoms with Gasteiger partial charge in [0.15, 0.2) is 12.7 Å². The Balaban J connectivity index is 1.66. The minimum atomic E-state index is -1.01. The highest BCUT2D eigenvalue weighted by Gasteiger charge is 2.33. The van der Waals surface area contributed by atoms with Gasteiger partial charge in [-0.3, -0.25) is 14.9 Å². The van der Waals surface area contributed by atoms with Crippen LogP contribution in [-0.4, -0.2) is 49.7 Å². The van der Waals surface area contributed by atoms with Crippen LogP contribution in [0.1, 0.15) is 17.3 Å². The largest absolute Gasteiger partial charge is 0.477 e. The highest BCUT2D eigenvalue weighted by molar-refractivity contribution is 6.00. The van der Waals surface area contributed by atoms with E-state index < -0.39 is 36.6 Å². The van der Waals surface area contributed by atoms with Crippen molar-refractivity contribution in [1.29, 1.82) is 0 Å². The van der Waals surface area contributed by atoms with E-state index in [1.807, 2.05) is 0 Å². The Labute approximate surface area is 177 Å². The summed E-state index contributed by atoms with van der Waals surface area (Å²) in [6.07, 6.45) is -1.67. The second-order valence-electron chi connectivity index (χ2n) is 6.48. The molecule has 3 rings (SSSR count). The molecule has 31 heavy (non-hydrogen) atoms. The zero-order valence-corrected chi connectivity index (χ0v) is 16.7.